The fourth-order valence-electron chi connectivity index (χ4n) is 2.66. The standard InChI is InChI=1S/C17H27N3/c1-4-5-6-7-12-20-16-9-8-14(2)13-15(16)19-17(20)10-11-18-3/h8-9,13,18H,4-7,10-12H2,1-3H3. The quantitative estimate of drug-likeness (QED) is 0.743. The second kappa shape index (κ2) is 7.44. The lowest BCUT2D eigenvalue weighted by molar-refractivity contribution is 0.570. The summed E-state index contributed by atoms with van der Waals surface area (Å²) in [6.07, 6.45) is 6.18. The van der Waals surface area contributed by atoms with Gasteiger partial charge in [-0.2, -0.15) is 0 Å². The topological polar surface area (TPSA) is 29.9 Å². The zero-order valence-electron chi connectivity index (χ0n) is 13.1. The lowest BCUT2D eigenvalue weighted by Gasteiger charge is -2.09. The fourth-order valence-corrected chi connectivity index (χ4v) is 2.66. The van der Waals surface area contributed by atoms with Crippen molar-refractivity contribution in [3.8, 4) is 0 Å². The number of unbranched alkanes of at least 4 members (excludes halogenated alkanes) is 3. The summed E-state index contributed by atoms with van der Waals surface area (Å²) in [4.78, 5) is 4.83. The molecule has 0 spiro atoms. The zero-order chi connectivity index (χ0) is 14.4. The van der Waals surface area contributed by atoms with E-state index in [-0.39, 0.29) is 0 Å². The third-order valence-corrected chi connectivity index (χ3v) is 3.82. The lowest BCUT2D eigenvalue weighted by atomic mass is 10.2. The first kappa shape index (κ1) is 15.0. The first-order valence-corrected chi connectivity index (χ1v) is 7.86. The van der Waals surface area contributed by atoms with Crippen molar-refractivity contribution < 1.29 is 0 Å². The molecule has 0 saturated carbocycles. The number of aryl methyl sites for hydroxylation is 2. The summed E-state index contributed by atoms with van der Waals surface area (Å²) in [6, 6.07) is 6.61. The van der Waals surface area contributed by atoms with Crippen LogP contribution in [0, 0.1) is 6.92 Å². The molecule has 1 aromatic carbocycles. The number of hydrogen-bond acceptors (Lipinski definition) is 2. The number of benzene rings is 1. The predicted octanol–water partition coefficient (Wildman–Crippen LogP) is 3.69. The van der Waals surface area contributed by atoms with Crippen LogP contribution in [0.1, 0.15) is 44.0 Å². The van der Waals surface area contributed by atoms with Gasteiger partial charge in [-0.15, -0.1) is 0 Å². The van der Waals surface area contributed by atoms with E-state index in [1.165, 1.54) is 42.6 Å². The molecule has 0 atom stereocenters. The molecule has 0 saturated heterocycles. The third-order valence-electron chi connectivity index (χ3n) is 3.82. The van der Waals surface area contributed by atoms with Crippen molar-refractivity contribution in [3.63, 3.8) is 0 Å². The van der Waals surface area contributed by atoms with Crippen LogP contribution in [0.25, 0.3) is 11.0 Å². The Labute approximate surface area is 122 Å². The van der Waals surface area contributed by atoms with Crippen LogP contribution < -0.4 is 5.32 Å². The molecule has 0 radical (unpaired) electrons. The molecule has 0 aliphatic rings. The molecule has 2 rings (SSSR count). The number of aromatic nitrogens is 2. The molecule has 0 aliphatic heterocycles. The summed E-state index contributed by atoms with van der Waals surface area (Å²) >= 11 is 0. The first-order chi connectivity index (χ1) is 9.76. The van der Waals surface area contributed by atoms with E-state index >= 15 is 0 Å². The minimum Gasteiger partial charge on any atom is -0.328 e. The van der Waals surface area contributed by atoms with Crippen molar-refractivity contribution >= 4 is 11.0 Å². The number of imidazole rings is 1. The van der Waals surface area contributed by atoms with E-state index in [4.69, 9.17) is 4.98 Å². The minimum atomic E-state index is 0.983. The van der Waals surface area contributed by atoms with E-state index in [0.29, 0.717) is 0 Å². The van der Waals surface area contributed by atoms with Gasteiger partial charge in [-0.05, 0) is 38.1 Å². The van der Waals surface area contributed by atoms with Gasteiger partial charge in [0.25, 0.3) is 0 Å². The average molecular weight is 273 g/mol. The van der Waals surface area contributed by atoms with Crippen LogP contribution in [0.5, 0.6) is 0 Å². The minimum absolute atomic E-state index is 0.983. The van der Waals surface area contributed by atoms with Gasteiger partial charge in [0.15, 0.2) is 0 Å². The Bertz CT molecular complexity index is 542. The highest BCUT2D eigenvalue weighted by Gasteiger charge is 2.10. The van der Waals surface area contributed by atoms with Crippen LogP contribution in [0.4, 0.5) is 0 Å². The number of nitrogens with one attached hydrogen (secondary N) is 1. The second-order valence-corrected chi connectivity index (χ2v) is 5.59. The van der Waals surface area contributed by atoms with Gasteiger partial charge in [-0.3, -0.25) is 0 Å². The van der Waals surface area contributed by atoms with Crippen molar-refractivity contribution in [1.82, 2.24) is 14.9 Å². The van der Waals surface area contributed by atoms with Crippen LogP contribution in [0.15, 0.2) is 18.2 Å². The predicted molar refractivity (Wildman–Crippen MR) is 86.2 cm³/mol. The fraction of sp³-hybridized carbons (Fsp3) is 0.588. The van der Waals surface area contributed by atoms with Crippen molar-refractivity contribution in [1.29, 1.82) is 0 Å². The van der Waals surface area contributed by atoms with Crippen molar-refractivity contribution in [2.75, 3.05) is 13.6 Å². The summed E-state index contributed by atoms with van der Waals surface area (Å²) < 4.78 is 2.42. The van der Waals surface area contributed by atoms with Gasteiger partial charge in [0, 0.05) is 19.5 Å². The molecule has 0 amide bonds. The first-order valence-electron chi connectivity index (χ1n) is 7.86. The van der Waals surface area contributed by atoms with Gasteiger partial charge in [0.2, 0.25) is 0 Å². The Balaban J connectivity index is 2.22. The summed E-state index contributed by atoms with van der Waals surface area (Å²) in [6.45, 7) is 6.47. The normalized spacial score (nSPS) is 11.3. The molecule has 20 heavy (non-hydrogen) atoms. The van der Waals surface area contributed by atoms with Gasteiger partial charge in [-0.1, -0.05) is 32.3 Å². The molecule has 2 aromatic rings. The largest absolute Gasteiger partial charge is 0.328 e. The molecular weight excluding hydrogens is 246 g/mol. The molecule has 0 unspecified atom stereocenters. The van der Waals surface area contributed by atoms with Gasteiger partial charge in [0.05, 0.1) is 11.0 Å². The summed E-state index contributed by atoms with van der Waals surface area (Å²) in [5.74, 6) is 1.22. The highest BCUT2D eigenvalue weighted by Crippen LogP contribution is 2.19. The van der Waals surface area contributed by atoms with Gasteiger partial charge >= 0.3 is 0 Å². The molecule has 3 nitrogen and oxygen atoms in total. The Hall–Kier alpha value is -1.35. The molecule has 1 heterocycles. The third kappa shape index (κ3) is 3.60. The van der Waals surface area contributed by atoms with Crippen molar-refractivity contribution in [3.05, 3.63) is 29.6 Å². The van der Waals surface area contributed by atoms with E-state index in [1.54, 1.807) is 0 Å². The van der Waals surface area contributed by atoms with Crippen LogP contribution in [-0.2, 0) is 13.0 Å². The molecule has 110 valence electrons. The van der Waals surface area contributed by atoms with Crippen LogP contribution in [0.2, 0.25) is 0 Å². The van der Waals surface area contributed by atoms with E-state index in [1.807, 2.05) is 7.05 Å². The monoisotopic (exact) mass is 273 g/mol. The molecule has 0 bridgehead atoms. The maximum atomic E-state index is 4.83. The van der Waals surface area contributed by atoms with Gasteiger partial charge in [0.1, 0.15) is 5.82 Å². The number of fused-ring (bicyclic) bond motifs is 1. The summed E-state index contributed by atoms with van der Waals surface area (Å²) in [7, 11) is 2.00. The smallest absolute Gasteiger partial charge is 0.111 e. The Morgan fingerprint density at radius 1 is 1.20 bits per heavy atom. The number of rotatable bonds is 8. The maximum Gasteiger partial charge on any atom is 0.111 e. The lowest BCUT2D eigenvalue weighted by Crippen LogP contribution is -2.14. The second-order valence-electron chi connectivity index (χ2n) is 5.59. The van der Waals surface area contributed by atoms with E-state index in [2.05, 4.69) is 41.9 Å². The Morgan fingerprint density at radius 2 is 2.05 bits per heavy atom. The number of hydrogen-bond donors (Lipinski definition) is 1. The van der Waals surface area contributed by atoms with Crippen LogP contribution >= 0.6 is 0 Å². The molecular formula is C17H27N3. The SMILES string of the molecule is CCCCCCn1c(CCNC)nc2cc(C)ccc21. The summed E-state index contributed by atoms with van der Waals surface area (Å²) in [5, 5.41) is 3.22. The zero-order valence-corrected chi connectivity index (χ0v) is 13.1. The van der Waals surface area contributed by atoms with E-state index in [9.17, 15) is 0 Å². The molecule has 0 fully saturated rings. The number of likely N-dealkylation sites (N-methyl/N-ethyl adjacent to an activating group) is 1. The number of nitrogens with zero attached hydrogens (tertiary/aromatic N) is 2. The van der Waals surface area contributed by atoms with Crippen molar-refractivity contribution in [2.45, 2.75) is 52.5 Å². The average Bonchev–Trinajstić information content (AvgIpc) is 2.78. The Morgan fingerprint density at radius 3 is 2.80 bits per heavy atom. The highest BCUT2D eigenvalue weighted by atomic mass is 15.1. The molecule has 3 heteroatoms. The Kier molecular flexibility index (Phi) is 5.60. The summed E-state index contributed by atoms with van der Waals surface area (Å²) in [5.41, 5.74) is 3.72. The van der Waals surface area contributed by atoms with E-state index in [0.717, 1.165) is 25.0 Å². The van der Waals surface area contributed by atoms with Gasteiger partial charge < -0.3 is 9.88 Å². The molecule has 1 aromatic heterocycles. The van der Waals surface area contributed by atoms with Gasteiger partial charge in [-0.25, -0.2) is 4.98 Å². The van der Waals surface area contributed by atoms with Crippen molar-refractivity contribution in [2.24, 2.45) is 0 Å². The molecule has 1 N–H and O–H groups in total. The molecule has 0 aliphatic carbocycles. The van der Waals surface area contributed by atoms with Crippen LogP contribution in [-0.4, -0.2) is 23.1 Å². The van der Waals surface area contributed by atoms with Crippen LogP contribution in [0.3, 0.4) is 0 Å². The maximum absolute atomic E-state index is 4.83. The van der Waals surface area contributed by atoms with E-state index < -0.39 is 0 Å². The highest BCUT2D eigenvalue weighted by molar-refractivity contribution is 5.76.